The number of benzene rings is 1. The van der Waals surface area contributed by atoms with E-state index in [-0.39, 0.29) is 11.1 Å². The van der Waals surface area contributed by atoms with E-state index in [4.69, 9.17) is 0 Å². The quantitative estimate of drug-likeness (QED) is 0.608. The summed E-state index contributed by atoms with van der Waals surface area (Å²) < 4.78 is 1.51. The Morgan fingerprint density at radius 1 is 1.15 bits per heavy atom. The molecular weight excluding hydrogens is 340 g/mol. The fourth-order valence-electron chi connectivity index (χ4n) is 3.26. The van der Waals surface area contributed by atoms with E-state index in [1.807, 2.05) is 44.2 Å². The van der Waals surface area contributed by atoms with Crippen molar-refractivity contribution in [2.24, 2.45) is 0 Å². The Morgan fingerprint density at radius 2 is 1.96 bits per heavy atom. The van der Waals surface area contributed by atoms with Gasteiger partial charge < -0.3 is 5.32 Å². The second-order valence-electron chi connectivity index (χ2n) is 6.31. The summed E-state index contributed by atoms with van der Waals surface area (Å²) in [5, 5.41) is 4.46. The van der Waals surface area contributed by atoms with Gasteiger partial charge in [-0.1, -0.05) is 18.2 Å². The fourth-order valence-corrected chi connectivity index (χ4v) is 3.26. The van der Waals surface area contributed by atoms with Gasteiger partial charge in [-0.3, -0.25) is 19.1 Å². The summed E-state index contributed by atoms with van der Waals surface area (Å²) in [6.07, 6.45) is 1.64. The van der Waals surface area contributed by atoms with Gasteiger partial charge in [-0.25, -0.2) is 4.98 Å². The standard InChI is InChI=1S/C21H18N4O2/c1-3-25-19-14(7-6-10-22-19)12-16(21(25)27)20(26)24-18-11-13(2)23-17-9-5-4-8-15(17)18/h4-12H,3H2,1-2H3,(H,23,24,26). The molecule has 0 radical (unpaired) electrons. The highest BCUT2D eigenvalue weighted by molar-refractivity contribution is 6.09. The number of para-hydroxylation sites is 1. The van der Waals surface area contributed by atoms with Crippen molar-refractivity contribution in [3.63, 3.8) is 0 Å². The van der Waals surface area contributed by atoms with E-state index in [2.05, 4.69) is 15.3 Å². The smallest absolute Gasteiger partial charge is 0.265 e. The average Bonchev–Trinajstić information content (AvgIpc) is 2.67. The molecule has 6 heteroatoms. The van der Waals surface area contributed by atoms with Crippen molar-refractivity contribution in [2.75, 3.05) is 5.32 Å². The van der Waals surface area contributed by atoms with E-state index in [0.717, 1.165) is 22.0 Å². The minimum absolute atomic E-state index is 0.0934. The van der Waals surface area contributed by atoms with Gasteiger partial charge in [0.05, 0.1) is 11.2 Å². The number of hydrogen-bond donors (Lipinski definition) is 1. The van der Waals surface area contributed by atoms with Gasteiger partial charge in [-0.2, -0.15) is 0 Å². The topological polar surface area (TPSA) is 76.9 Å². The summed E-state index contributed by atoms with van der Waals surface area (Å²) in [4.78, 5) is 34.5. The van der Waals surface area contributed by atoms with Crippen molar-refractivity contribution in [1.29, 1.82) is 0 Å². The number of fused-ring (bicyclic) bond motifs is 2. The predicted octanol–water partition coefficient (Wildman–Crippen LogP) is 3.53. The molecule has 0 aliphatic carbocycles. The summed E-state index contributed by atoms with van der Waals surface area (Å²) in [6, 6.07) is 14.6. The van der Waals surface area contributed by atoms with Crippen molar-refractivity contribution in [2.45, 2.75) is 20.4 Å². The molecule has 0 fully saturated rings. The van der Waals surface area contributed by atoms with Crippen LogP contribution in [0.4, 0.5) is 5.69 Å². The van der Waals surface area contributed by atoms with Crippen molar-refractivity contribution in [3.8, 4) is 0 Å². The summed E-state index contributed by atoms with van der Waals surface area (Å²) in [7, 11) is 0. The van der Waals surface area contributed by atoms with Crippen molar-refractivity contribution in [1.82, 2.24) is 14.5 Å². The Kier molecular flexibility index (Phi) is 4.16. The van der Waals surface area contributed by atoms with E-state index in [1.54, 1.807) is 24.4 Å². The number of hydrogen-bond acceptors (Lipinski definition) is 4. The maximum absolute atomic E-state index is 12.9. The maximum Gasteiger partial charge on any atom is 0.265 e. The van der Waals surface area contributed by atoms with Crippen LogP contribution in [0.15, 0.2) is 59.5 Å². The zero-order valence-corrected chi connectivity index (χ0v) is 15.1. The molecule has 3 aromatic heterocycles. The van der Waals surface area contributed by atoms with Gasteiger partial charge >= 0.3 is 0 Å². The summed E-state index contributed by atoms with van der Waals surface area (Å²) in [5.41, 5.74) is 2.54. The van der Waals surface area contributed by atoms with Crippen LogP contribution in [-0.2, 0) is 6.54 Å². The Balaban J connectivity index is 1.83. The molecule has 134 valence electrons. The van der Waals surface area contributed by atoms with Crippen LogP contribution in [0.1, 0.15) is 23.0 Å². The Hall–Kier alpha value is -3.54. The zero-order valence-electron chi connectivity index (χ0n) is 15.1. The Morgan fingerprint density at radius 3 is 2.78 bits per heavy atom. The van der Waals surface area contributed by atoms with Crippen LogP contribution in [0, 0.1) is 6.92 Å². The second kappa shape index (κ2) is 6.64. The number of nitrogens with zero attached hydrogens (tertiary/aromatic N) is 3. The summed E-state index contributed by atoms with van der Waals surface area (Å²) in [6.45, 7) is 4.16. The van der Waals surface area contributed by atoms with Crippen molar-refractivity contribution < 1.29 is 4.79 Å². The highest BCUT2D eigenvalue weighted by atomic mass is 16.2. The highest BCUT2D eigenvalue weighted by Crippen LogP contribution is 2.23. The third-order valence-electron chi connectivity index (χ3n) is 4.50. The normalized spacial score (nSPS) is 11.0. The third-order valence-corrected chi connectivity index (χ3v) is 4.50. The lowest BCUT2D eigenvalue weighted by Crippen LogP contribution is -2.29. The molecular formula is C21H18N4O2. The van der Waals surface area contributed by atoms with Gasteiger partial charge in [0, 0.05) is 29.2 Å². The minimum atomic E-state index is -0.441. The SMILES string of the molecule is CCn1c(=O)c(C(=O)Nc2cc(C)nc3ccccc23)cc2cccnc21. The molecule has 1 amide bonds. The molecule has 0 saturated carbocycles. The Labute approximate surface area is 155 Å². The maximum atomic E-state index is 12.9. The van der Waals surface area contributed by atoms with E-state index >= 15 is 0 Å². The molecule has 3 heterocycles. The molecule has 4 rings (SSSR count). The molecule has 0 unspecified atom stereocenters. The summed E-state index contributed by atoms with van der Waals surface area (Å²) in [5.74, 6) is -0.441. The van der Waals surface area contributed by atoms with E-state index in [9.17, 15) is 9.59 Å². The lowest BCUT2D eigenvalue weighted by molar-refractivity contribution is 0.102. The molecule has 27 heavy (non-hydrogen) atoms. The molecule has 0 spiro atoms. The number of carbonyl (C=O) groups excluding carboxylic acids is 1. The number of carbonyl (C=O) groups is 1. The molecule has 6 nitrogen and oxygen atoms in total. The number of rotatable bonds is 3. The monoisotopic (exact) mass is 358 g/mol. The second-order valence-corrected chi connectivity index (χ2v) is 6.31. The first-order chi connectivity index (χ1) is 13.1. The molecule has 0 bridgehead atoms. The molecule has 1 aromatic carbocycles. The van der Waals surface area contributed by atoms with Crippen LogP contribution >= 0.6 is 0 Å². The largest absolute Gasteiger partial charge is 0.321 e. The van der Waals surface area contributed by atoms with Gasteiger partial charge in [-0.05, 0) is 44.2 Å². The van der Waals surface area contributed by atoms with Gasteiger partial charge in [0.1, 0.15) is 11.2 Å². The predicted molar refractivity (Wildman–Crippen MR) is 106 cm³/mol. The number of pyridine rings is 3. The molecule has 4 aromatic rings. The molecule has 0 saturated heterocycles. The number of amides is 1. The average molecular weight is 358 g/mol. The minimum Gasteiger partial charge on any atom is -0.321 e. The first-order valence-corrected chi connectivity index (χ1v) is 8.75. The first kappa shape index (κ1) is 16.9. The number of anilines is 1. The molecule has 0 aliphatic heterocycles. The van der Waals surface area contributed by atoms with Crippen molar-refractivity contribution in [3.05, 3.63) is 76.3 Å². The van der Waals surface area contributed by atoms with Crippen LogP contribution in [0.2, 0.25) is 0 Å². The van der Waals surface area contributed by atoms with Crippen LogP contribution in [-0.4, -0.2) is 20.4 Å². The Bertz CT molecular complexity index is 1240. The number of nitrogens with one attached hydrogen (secondary N) is 1. The van der Waals surface area contributed by atoms with Crippen LogP contribution in [0.3, 0.4) is 0 Å². The van der Waals surface area contributed by atoms with Crippen LogP contribution in [0.25, 0.3) is 21.9 Å². The summed E-state index contributed by atoms with van der Waals surface area (Å²) >= 11 is 0. The van der Waals surface area contributed by atoms with Crippen LogP contribution in [0.5, 0.6) is 0 Å². The van der Waals surface area contributed by atoms with Gasteiger partial charge in [0.25, 0.3) is 11.5 Å². The highest BCUT2D eigenvalue weighted by Gasteiger charge is 2.17. The van der Waals surface area contributed by atoms with E-state index in [1.165, 1.54) is 4.57 Å². The van der Waals surface area contributed by atoms with Crippen molar-refractivity contribution >= 4 is 33.5 Å². The molecule has 1 N–H and O–H groups in total. The number of aryl methyl sites for hydroxylation is 2. The number of aromatic nitrogens is 3. The van der Waals surface area contributed by atoms with Crippen LogP contribution < -0.4 is 10.9 Å². The van der Waals surface area contributed by atoms with Gasteiger partial charge in [-0.15, -0.1) is 0 Å². The molecule has 0 atom stereocenters. The van der Waals surface area contributed by atoms with E-state index < -0.39 is 5.91 Å². The zero-order chi connectivity index (χ0) is 19.0. The van der Waals surface area contributed by atoms with Gasteiger partial charge in [0.2, 0.25) is 0 Å². The van der Waals surface area contributed by atoms with E-state index in [0.29, 0.717) is 17.9 Å². The van der Waals surface area contributed by atoms with Gasteiger partial charge in [0.15, 0.2) is 0 Å². The first-order valence-electron chi connectivity index (χ1n) is 8.75. The lowest BCUT2D eigenvalue weighted by Gasteiger charge is -2.12. The third kappa shape index (κ3) is 2.95. The molecule has 0 aliphatic rings. The fraction of sp³-hybridized carbons (Fsp3) is 0.143. The lowest BCUT2D eigenvalue weighted by atomic mass is 10.1.